The molecule has 3 amide bonds. The molecule has 1 saturated heterocycles. The Bertz CT molecular complexity index is 875. The average molecular weight is 403 g/mol. The highest BCUT2D eigenvalue weighted by molar-refractivity contribution is 7.13. The average Bonchev–Trinajstić information content (AvgIpc) is 3.13. The van der Waals surface area contributed by atoms with Crippen molar-refractivity contribution in [2.24, 2.45) is 0 Å². The number of likely N-dealkylation sites (tertiary alicyclic amines) is 1. The number of rotatable bonds is 5. The third-order valence-electron chi connectivity index (χ3n) is 4.63. The van der Waals surface area contributed by atoms with Crippen LogP contribution in [0.2, 0.25) is 0 Å². The standard InChI is InChI=1S/C20H22FN3O3S/c1-13-6-7-17(28-13)19(26)22-12-18(25)23-14-8-10-24(11-9-14)20(27)15-4-2-3-5-16(15)21/h2-7,14H,8-12H2,1H3,(H,22,26)(H,23,25). The number of carbonyl (C=O) groups is 3. The van der Waals surface area contributed by atoms with E-state index in [0.717, 1.165) is 4.88 Å². The summed E-state index contributed by atoms with van der Waals surface area (Å²) in [6, 6.07) is 9.44. The van der Waals surface area contributed by atoms with Gasteiger partial charge in [0.05, 0.1) is 17.0 Å². The van der Waals surface area contributed by atoms with Crippen molar-refractivity contribution in [3.63, 3.8) is 0 Å². The Hall–Kier alpha value is -2.74. The summed E-state index contributed by atoms with van der Waals surface area (Å²) in [7, 11) is 0. The first kappa shape index (κ1) is 20.0. The van der Waals surface area contributed by atoms with Gasteiger partial charge in [0.15, 0.2) is 0 Å². The molecular formula is C20H22FN3O3S. The molecule has 1 aromatic carbocycles. The monoisotopic (exact) mass is 403 g/mol. The van der Waals surface area contributed by atoms with E-state index >= 15 is 0 Å². The summed E-state index contributed by atoms with van der Waals surface area (Å²) in [5.74, 6) is -1.39. The third-order valence-corrected chi connectivity index (χ3v) is 5.62. The van der Waals surface area contributed by atoms with Gasteiger partial charge in [-0.3, -0.25) is 14.4 Å². The van der Waals surface area contributed by atoms with Crippen LogP contribution in [0.5, 0.6) is 0 Å². The van der Waals surface area contributed by atoms with Crippen molar-refractivity contribution in [1.29, 1.82) is 0 Å². The van der Waals surface area contributed by atoms with Gasteiger partial charge in [-0.2, -0.15) is 0 Å². The highest BCUT2D eigenvalue weighted by Crippen LogP contribution is 2.16. The van der Waals surface area contributed by atoms with Crippen molar-refractivity contribution >= 4 is 29.1 Å². The van der Waals surface area contributed by atoms with E-state index in [-0.39, 0.29) is 35.9 Å². The van der Waals surface area contributed by atoms with Crippen molar-refractivity contribution in [2.75, 3.05) is 19.6 Å². The van der Waals surface area contributed by atoms with Crippen LogP contribution < -0.4 is 10.6 Å². The molecule has 2 heterocycles. The largest absolute Gasteiger partial charge is 0.352 e. The number of thiophene rings is 1. The first-order valence-corrected chi connectivity index (χ1v) is 9.93. The smallest absolute Gasteiger partial charge is 0.261 e. The van der Waals surface area contributed by atoms with Gasteiger partial charge in [0, 0.05) is 24.0 Å². The van der Waals surface area contributed by atoms with E-state index in [1.165, 1.54) is 23.5 Å². The van der Waals surface area contributed by atoms with E-state index in [4.69, 9.17) is 0 Å². The molecule has 0 unspecified atom stereocenters. The van der Waals surface area contributed by atoms with Crippen LogP contribution in [0.4, 0.5) is 4.39 Å². The zero-order chi connectivity index (χ0) is 20.1. The van der Waals surface area contributed by atoms with E-state index in [1.54, 1.807) is 23.1 Å². The minimum Gasteiger partial charge on any atom is -0.352 e. The summed E-state index contributed by atoms with van der Waals surface area (Å²) >= 11 is 1.38. The molecule has 0 aliphatic carbocycles. The fourth-order valence-electron chi connectivity index (χ4n) is 3.11. The van der Waals surface area contributed by atoms with Gasteiger partial charge in [-0.25, -0.2) is 4.39 Å². The van der Waals surface area contributed by atoms with Crippen LogP contribution in [0, 0.1) is 12.7 Å². The lowest BCUT2D eigenvalue weighted by molar-refractivity contribution is -0.121. The van der Waals surface area contributed by atoms with Gasteiger partial charge in [0.1, 0.15) is 5.82 Å². The minimum absolute atomic E-state index is 0.0662. The SMILES string of the molecule is Cc1ccc(C(=O)NCC(=O)NC2CCN(C(=O)c3ccccc3F)CC2)s1. The molecule has 3 rings (SSSR count). The number of carbonyl (C=O) groups excluding carboxylic acids is 3. The van der Waals surface area contributed by atoms with Crippen LogP contribution >= 0.6 is 11.3 Å². The molecule has 6 nitrogen and oxygen atoms in total. The summed E-state index contributed by atoms with van der Waals surface area (Å²) in [5, 5.41) is 5.49. The second kappa shape index (κ2) is 8.97. The van der Waals surface area contributed by atoms with Crippen molar-refractivity contribution in [3.05, 3.63) is 57.5 Å². The minimum atomic E-state index is -0.528. The lowest BCUT2D eigenvalue weighted by Gasteiger charge is -2.32. The highest BCUT2D eigenvalue weighted by Gasteiger charge is 2.26. The van der Waals surface area contributed by atoms with Crippen molar-refractivity contribution in [1.82, 2.24) is 15.5 Å². The van der Waals surface area contributed by atoms with E-state index in [0.29, 0.717) is 30.8 Å². The summed E-state index contributed by atoms with van der Waals surface area (Å²) in [5.41, 5.74) is 0.0662. The first-order valence-electron chi connectivity index (χ1n) is 9.12. The fraction of sp³-hybridized carbons (Fsp3) is 0.350. The summed E-state index contributed by atoms with van der Waals surface area (Å²) in [4.78, 5) is 39.7. The lowest BCUT2D eigenvalue weighted by Crippen LogP contribution is -2.48. The third kappa shape index (κ3) is 4.95. The number of halogens is 1. The van der Waals surface area contributed by atoms with Gasteiger partial charge in [0.25, 0.3) is 11.8 Å². The molecule has 1 aliphatic heterocycles. The molecule has 8 heteroatoms. The molecule has 2 N–H and O–H groups in total. The first-order chi connectivity index (χ1) is 13.4. The normalized spacial score (nSPS) is 14.6. The molecule has 0 radical (unpaired) electrons. The summed E-state index contributed by atoms with van der Waals surface area (Å²) < 4.78 is 13.8. The van der Waals surface area contributed by atoms with Gasteiger partial charge < -0.3 is 15.5 Å². The number of hydrogen-bond donors (Lipinski definition) is 2. The molecule has 1 aliphatic rings. The Morgan fingerprint density at radius 1 is 1.14 bits per heavy atom. The number of nitrogens with zero attached hydrogens (tertiary/aromatic N) is 1. The molecular weight excluding hydrogens is 381 g/mol. The predicted molar refractivity (Wildman–Crippen MR) is 105 cm³/mol. The van der Waals surface area contributed by atoms with Crippen LogP contribution in [-0.4, -0.2) is 48.3 Å². The summed E-state index contributed by atoms with van der Waals surface area (Å²) in [6.45, 7) is 2.71. The highest BCUT2D eigenvalue weighted by atomic mass is 32.1. The van der Waals surface area contributed by atoms with Crippen LogP contribution in [0.1, 0.15) is 37.7 Å². The molecule has 1 aromatic heterocycles. The Labute approximate surface area is 166 Å². The van der Waals surface area contributed by atoms with Crippen molar-refractivity contribution < 1.29 is 18.8 Å². The zero-order valence-electron chi connectivity index (χ0n) is 15.5. The Balaban J connectivity index is 1.42. The Kier molecular flexibility index (Phi) is 6.41. The van der Waals surface area contributed by atoms with Crippen molar-refractivity contribution in [3.8, 4) is 0 Å². The maximum Gasteiger partial charge on any atom is 0.261 e. The molecule has 0 bridgehead atoms. The van der Waals surface area contributed by atoms with E-state index in [1.807, 2.05) is 13.0 Å². The van der Waals surface area contributed by atoms with Crippen molar-refractivity contribution in [2.45, 2.75) is 25.8 Å². The number of piperidine rings is 1. The van der Waals surface area contributed by atoms with Crippen LogP contribution in [0.25, 0.3) is 0 Å². The number of amides is 3. The molecule has 0 atom stereocenters. The number of benzene rings is 1. The zero-order valence-corrected chi connectivity index (χ0v) is 16.4. The Morgan fingerprint density at radius 2 is 1.86 bits per heavy atom. The van der Waals surface area contributed by atoms with E-state index in [9.17, 15) is 18.8 Å². The second-order valence-electron chi connectivity index (χ2n) is 6.71. The van der Waals surface area contributed by atoms with E-state index < -0.39 is 5.82 Å². The Morgan fingerprint density at radius 3 is 2.50 bits per heavy atom. The number of aryl methyl sites for hydroxylation is 1. The fourth-order valence-corrected chi connectivity index (χ4v) is 3.90. The second-order valence-corrected chi connectivity index (χ2v) is 7.99. The van der Waals surface area contributed by atoms with Gasteiger partial charge in [-0.05, 0) is 44.0 Å². The van der Waals surface area contributed by atoms with Gasteiger partial charge in [-0.1, -0.05) is 12.1 Å². The number of hydrogen-bond acceptors (Lipinski definition) is 4. The van der Waals surface area contributed by atoms with Gasteiger partial charge >= 0.3 is 0 Å². The summed E-state index contributed by atoms with van der Waals surface area (Å²) in [6.07, 6.45) is 1.17. The van der Waals surface area contributed by atoms with E-state index in [2.05, 4.69) is 10.6 Å². The number of nitrogens with one attached hydrogen (secondary N) is 2. The topological polar surface area (TPSA) is 78.5 Å². The predicted octanol–water partition coefficient (Wildman–Crippen LogP) is 2.35. The quantitative estimate of drug-likeness (QED) is 0.804. The lowest BCUT2D eigenvalue weighted by atomic mass is 10.0. The maximum atomic E-state index is 13.8. The molecule has 0 saturated carbocycles. The van der Waals surface area contributed by atoms with Crippen LogP contribution in [0.15, 0.2) is 36.4 Å². The molecule has 148 valence electrons. The molecule has 1 fully saturated rings. The molecule has 28 heavy (non-hydrogen) atoms. The van der Waals surface area contributed by atoms with Gasteiger partial charge in [0.2, 0.25) is 5.91 Å². The molecule has 2 aromatic rings. The maximum absolute atomic E-state index is 13.8. The van der Waals surface area contributed by atoms with Gasteiger partial charge in [-0.15, -0.1) is 11.3 Å². The van der Waals surface area contributed by atoms with Crippen LogP contribution in [-0.2, 0) is 4.79 Å². The van der Waals surface area contributed by atoms with Crippen LogP contribution in [0.3, 0.4) is 0 Å². The molecule has 0 spiro atoms.